The molecule has 1 atom stereocenters. The summed E-state index contributed by atoms with van der Waals surface area (Å²) < 4.78 is 2.05. The first-order valence-corrected chi connectivity index (χ1v) is 6.35. The number of aromatic nitrogens is 2. The van der Waals surface area contributed by atoms with Gasteiger partial charge in [0.25, 0.3) is 0 Å². The standard InChI is InChI=1S/C14H19N3O2/c1-9-16-12-8-10(5-7-13(12)17(9)3)4-6-11(15-2)14(18)19/h5,7-8,11,15H,4,6H2,1-3H3,(H,18,19). The van der Waals surface area contributed by atoms with Crippen molar-refractivity contribution in [1.29, 1.82) is 0 Å². The molecular formula is C14H19N3O2. The number of hydrogen-bond donors (Lipinski definition) is 2. The molecule has 19 heavy (non-hydrogen) atoms. The van der Waals surface area contributed by atoms with E-state index < -0.39 is 12.0 Å². The number of likely N-dealkylation sites (N-methyl/N-ethyl adjacent to an activating group) is 1. The number of nitrogens with one attached hydrogen (secondary N) is 1. The molecule has 2 rings (SSSR count). The van der Waals surface area contributed by atoms with E-state index >= 15 is 0 Å². The number of benzene rings is 1. The molecule has 0 amide bonds. The minimum absolute atomic E-state index is 0.499. The van der Waals surface area contributed by atoms with Crippen molar-refractivity contribution in [1.82, 2.24) is 14.9 Å². The summed E-state index contributed by atoms with van der Waals surface area (Å²) in [6, 6.07) is 5.62. The molecule has 1 unspecified atom stereocenters. The van der Waals surface area contributed by atoms with Crippen molar-refractivity contribution in [2.45, 2.75) is 25.8 Å². The van der Waals surface area contributed by atoms with Crippen molar-refractivity contribution >= 4 is 17.0 Å². The van der Waals surface area contributed by atoms with Crippen molar-refractivity contribution in [3.05, 3.63) is 29.6 Å². The highest BCUT2D eigenvalue weighted by Crippen LogP contribution is 2.17. The van der Waals surface area contributed by atoms with Gasteiger partial charge in [-0.3, -0.25) is 4.79 Å². The van der Waals surface area contributed by atoms with Gasteiger partial charge in [-0.05, 0) is 44.5 Å². The molecular weight excluding hydrogens is 242 g/mol. The Morgan fingerprint density at radius 1 is 1.53 bits per heavy atom. The normalized spacial score (nSPS) is 12.8. The summed E-state index contributed by atoms with van der Waals surface area (Å²) in [6.45, 7) is 1.97. The van der Waals surface area contributed by atoms with E-state index in [0.717, 1.165) is 28.8 Å². The molecule has 5 nitrogen and oxygen atoms in total. The van der Waals surface area contributed by atoms with E-state index in [1.807, 2.05) is 36.7 Å². The first-order valence-electron chi connectivity index (χ1n) is 6.35. The molecule has 0 bridgehead atoms. The fourth-order valence-electron chi connectivity index (χ4n) is 2.22. The first kappa shape index (κ1) is 13.5. The Labute approximate surface area is 112 Å². The number of imidazole rings is 1. The number of fused-ring (bicyclic) bond motifs is 1. The zero-order chi connectivity index (χ0) is 14.0. The third kappa shape index (κ3) is 2.76. The van der Waals surface area contributed by atoms with Gasteiger partial charge in [0.1, 0.15) is 11.9 Å². The van der Waals surface area contributed by atoms with Gasteiger partial charge >= 0.3 is 5.97 Å². The number of nitrogens with zero attached hydrogens (tertiary/aromatic N) is 2. The first-order chi connectivity index (χ1) is 9.02. The quantitative estimate of drug-likeness (QED) is 0.855. The maximum absolute atomic E-state index is 10.9. The lowest BCUT2D eigenvalue weighted by atomic mass is 10.0. The third-order valence-electron chi connectivity index (χ3n) is 3.54. The van der Waals surface area contributed by atoms with Crippen LogP contribution in [0.4, 0.5) is 0 Å². The van der Waals surface area contributed by atoms with E-state index in [4.69, 9.17) is 5.11 Å². The van der Waals surface area contributed by atoms with Gasteiger partial charge in [-0.1, -0.05) is 6.07 Å². The van der Waals surface area contributed by atoms with E-state index in [2.05, 4.69) is 10.3 Å². The third-order valence-corrected chi connectivity index (χ3v) is 3.54. The average Bonchev–Trinajstić information content (AvgIpc) is 2.65. The van der Waals surface area contributed by atoms with Crippen LogP contribution in [0.15, 0.2) is 18.2 Å². The van der Waals surface area contributed by atoms with Crippen LogP contribution in [-0.4, -0.2) is 33.7 Å². The number of carboxylic acids is 1. The Morgan fingerprint density at radius 3 is 2.89 bits per heavy atom. The van der Waals surface area contributed by atoms with Crippen molar-refractivity contribution in [2.24, 2.45) is 7.05 Å². The molecule has 2 N–H and O–H groups in total. The molecule has 5 heteroatoms. The summed E-state index contributed by atoms with van der Waals surface area (Å²) in [5, 5.41) is 11.8. The summed E-state index contributed by atoms with van der Waals surface area (Å²) in [4.78, 5) is 15.4. The van der Waals surface area contributed by atoms with Crippen LogP contribution < -0.4 is 5.32 Å². The van der Waals surface area contributed by atoms with Crippen LogP contribution in [0, 0.1) is 6.92 Å². The number of aliphatic carboxylic acids is 1. The zero-order valence-electron chi connectivity index (χ0n) is 11.5. The predicted molar refractivity (Wildman–Crippen MR) is 74.3 cm³/mol. The Balaban J connectivity index is 2.16. The van der Waals surface area contributed by atoms with E-state index in [0.29, 0.717) is 6.42 Å². The van der Waals surface area contributed by atoms with Gasteiger partial charge in [0.05, 0.1) is 11.0 Å². The van der Waals surface area contributed by atoms with Crippen LogP contribution in [0.5, 0.6) is 0 Å². The molecule has 0 radical (unpaired) electrons. The predicted octanol–water partition coefficient (Wildman–Crippen LogP) is 1.49. The van der Waals surface area contributed by atoms with Crippen molar-refractivity contribution in [2.75, 3.05) is 7.05 Å². The lowest BCUT2D eigenvalue weighted by Crippen LogP contribution is -2.34. The van der Waals surface area contributed by atoms with E-state index in [-0.39, 0.29) is 0 Å². The molecule has 1 heterocycles. The number of rotatable bonds is 5. The molecule has 0 saturated heterocycles. The fraction of sp³-hybridized carbons (Fsp3) is 0.429. The molecule has 1 aromatic carbocycles. The van der Waals surface area contributed by atoms with Crippen molar-refractivity contribution in [3.63, 3.8) is 0 Å². The van der Waals surface area contributed by atoms with Gasteiger partial charge < -0.3 is 15.0 Å². The van der Waals surface area contributed by atoms with Crippen LogP contribution in [0.25, 0.3) is 11.0 Å². The minimum atomic E-state index is -0.808. The van der Waals surface area contributed by atoms with Crippen molar-refractivity contribution < 1.29 is 9.90 Å². The topological polar surface area (TPSA) is 67.2 Å². The number of carbonyl (C=O) groups is 1. The molecule has 102 valence electrons. The Bertz CT molecular complexity index is 604. The number of aryl methyl sites for hydroxylation is 3. The molecule has 0 spiro atoms. The van der Waals surface area contributed by atoms with Crippen molar-refractivity contribution in [3.8, 4) is 0 Å². The fourth-order valence-corrected chi connectivity index (χ4v) is 2.22. The summed E-state index contributed by atoms with van der Waals surface area (Å²) in [7, 11) is 3.66. The van der Waals surface area contributed by atoms with Crippen LogP contribution in [0.3, 0.4) is 0 Å². The van der Waals surface area contributed by atoms with Crippen LogP contribution in [0.1, 0.15) is 17.8 Å². The second-order valence-electron chi connectivity index (χ2n) is 4.76. The molecule has 1 aromatic heterocycles. The van der Waals surface area contributed by atoms with Gasteiger partial charge in [-0.25, -0.2) is 4.98 Å². The van der Waals surface area contributed by atoms with Crippen LogP contribution in [-0.2, 0) is 18.3 Å². The zero-order valence-corrected chi connectivity index (χ0v) is 11.5. The minimum Gasteiger partial charge on any atom is -0.480 e. The van der Waals surface area contributed by atoms with E-state index in [1.54, 1.807) is 7.05 Å². The smallest absolute Gasteiger partial charge is 0.320 e. The van der Waals surface area contributed by atoms with Gasteiger partial charge in [-0.2, -0.15) is 0 Å². The largest absolute Gasteiger partial charge is 0.480 e. The second kappa shape index (κ2) is 5.40. The molecule has 0 fully saturated rings. The van der Waals surface area contributed by atoms with Crippen LogP contribution >= 0.6 is 0 Å². The highest BCUT2D eigenvalue weighted by molar-refractivity contribution is 5.77. The monoisotopic (exact) mass is 261 g/mol. The van der Waals surface area contributed by atoms with Crippen LogP contribution in [0.2, 0.25) is 0 Å². The lowest BCUT2D eigenvalue weighted by molar-refractivity contribution is -0.139. The Hall–Kier alpha value is -1.88. The lowest BCUT2D eigenvalue weighted by Gasteiger charge is -2.10. The number of carboxylic acid groups (broad SMARTS) is 1. The molecule has 0 saturated carbocycles. The highest BCUT2D eigenvalue weighted by Gasteiger charge is 2.14. The van der Waals surface area contributed by atoms with E-state index in [1.165, 1.54) is 0 Å². The summed E-state index contributed by atoms with van der Waals surface area (Å²) in [5.74, 6) is 0.169. The van der Waals surface area contributed by atoms with E-state index in [9.17, 15) is 4.79 Å². The molecule has 0 aliphatic heterocycles. The maximum atomic E-state index is 10.9. The maximum Gasteiger partial charge on any atom is 0.320 e. The van der Waals surface area contributed by atoms with Gasteiger partial charge in [-0.15, -0.1) is 0 Å². The Kier molecular flexibility index (Phi) is 3.85. The van der Waals surface area contributed by atoms with Gasteiger partial charge in [0.15, 0.2) is 0 Å². The van der Waals surface area contributed by atoms with Gasteiger partial charge in [0.2, 0.25) is 0 Å². The summed E-state index contributed by atoms with van der Waals surface area (Å²) >= 11 is 0. The summed E-state index contributed by atoms with van der Waals surface area (Å²) in [5.41, 5.74) is 3.19. The molecule has 0 aliphatic rings. The summed E-state index contributed by atoms with van der Waals surface area (Å²) in [6.07, 6.45) is 1.30. The van der Waals surface area contributed by atoms with Gasteiger partial charge in [0, 0.05) is 7.05 Å². The molecule has 0 aliphatic carbocycles. The SMILES string of the molecule is CNC(CCc1ccc2c(c1)nc(C)n2C)C(=O)O. The highest BCUT2D eigenvalue weighted by atomic mass is 16.4. The second-order valence-corrected chi connectivity index (χ2v) is 4.76. The number of hydrogen-bond acceptors (Lipinski definition) is 3. The Morgan fingerprint density at radius 2 is 2.26 bits per heavy atom. The molecule has 2 aromatic rings. The average molecular weight is 261 g/mol.